The maximum absolute atomic E-state index is 12.5. The third-order valence-corrected chi connectivity index (χ3v) is 4.82. The second-order valence-corrected chi connectivity index (χ2v) is 7.27. The number of hydrogen-bond acceptors (Lipinski definition) is 4. The average Bonchev–Trinajstić information content (AvgIpc) is 2.73. The fourth-order valence-electron chi connectivity index (χ4n) is 3.05. The third kappa shape index (κ3) is 6.18. The molecule has 1 aliphatic rings. The van der Waals surface area contributed by atoms with Gasteiger partial charge < -0.3 is 15.1 Å². The number of rotatable bonds is 6. The summed E-state index contributed by atoms with van der Waals surface area (Å²) in [6.07, 6.45) is 5.77. The minimum absolute atomic E-state index is 0.0240. The molecule has 3 rings (SSSR count). The highest BCUT2D eigenvalue weighted by Crippen LogP contribution is 2.13. The van der Waals surface area contributed by atoms with E-state index in [0.29, 0.717) is 0 Å². The summed E-state index contributed by atoms with van der Waals surface area (Å²) in [5.74, 6) is 0. The Morgan fingerprint density at radius 2 is 1.82 bits per heavy atom. The summed E-state index contributed by atoms with van der Waals surface area (Å²) in [6.45, 7) is 5.49. The van der Waals surface area contributed by atoms with Gasteiger partial charge in [0.15, 0.2) is 0 Å². The van der Waals surface area contributed by atoms with E-state index < -0.39 is 0 Å². The molecule has 148 valence electrons. The average molecular weight is 380 g/mol. The fraction of sp³-hybridized carbons (Fsp3) is 0.364. The molecule has 0 spiro atoms. The molecule has 0 saturated carbocycles. The largest absolute Gasteiger partial charge is 0.322 e. The zero-order chi connectivity index (χ0) is 19.8. The number of amides is 2. The number of likely N-dealkylation sites (N-methyl/N-ethyl adjacent to an activating group) is 1. The van der Waals surface area contributed by atoms with Gasteiger partial charge in [-0.2, -0.15) is 0 Å². The lowest BCUT2D eigenvalue weighted by Crippen LogP contribution is -2.51. The molecule has 28 heavy (non-hydrogen) atoms. The van der Waals surface area contributed by atoms with Crippen LogP contribution in [0.5, 0.6) is 0 Å². The minimum atomic E-state index is -0.0240. The van der Waals surface area contributed by atoms with Crippen molar-refractivity contribution in [2.75, 3.05) is 58.7 Å². The van der Waals surface area contributed by atoms with Crippen molar-refractivity contribution in [3.05, 3.63) is 59.9 Å². The van der Waals surface area contributed by atoms with Crippen molar-refractivity contribution in [3.63, 3.8) is 0 Å². The van der Waals surface area contributed by atoms with Crippen molar-refractivity contribution >= 4 is 23.9 Å². The molecule has 2 amide bonds. The molecule has 0 atom stereocenters. The Morgan fingerprint density at radius 3 is 2.46 bits per heavy atom. The lowest BCUT2D eigenvalue weighted by Gasteiger charge is -2.35. The summed E-state index contributed by atoms with van der Waals surface area (Å²) in [5, 5.41) is 3.00. The topological polar surface area (TPSA) is 51.7 Å². The SMILES string of the molecule is CN(C)CCN1CCN(C(=O)Nc2ccc(C=Cc3ccccn3)cc2)CC1. The van der Waals surface area contributed by atoms with Crippen LogP contribution in [-0.2, 0) is 0 Å². The number of anilines is 1. The van der Waals surface area contributed by atoms with Gasteiger partial charge in [0.1, 0.15) is 0 Å². The predicted molar refractivity (Wildman–Crippen MR) is 115 cm³/mol. The van der Waals surface area contributed by atoms with Gasteiger partial charge in [-0.15, -0.1) is 0 Å². The van der Waals surface area contributed by atoms with Gasteiger partial charge in [0.25, 0.3) is 0 Å². The molecule has 1 fully saturated rings. The molecule has 0 bridgehead atoms. The first-order valence-corrected chi connectivity index (χ1v) is 9.72. The molecule has 6 heteroatoms. The Kier molecular flexibility index (Phi) is 7.17. The van der Waals surface area contributed by atoms with Crippen LogP contribution in [0, 0.1) is 0 Å². The Hall–Kier alpha value is -2.70. The van der Waals surface area contributed by atoms with Crippen molar-refractivity contribution in [1.82, 2.24) is 19.7 Å². The normalized spacial score (nSPS) is 15.3. The standard InChI is InChI=1S/C22H29N5O/c1-25(2)13-14-26-15-17-27(18-16-26)22(28)24-21-10-7-19(8-11-21)6-9-20-5-3-4-12-23-20/h3-12H,13-18H2,1-2H3,(H,24,28). The number of nitrogens with one attached hydrogen (secondary N) is 1. The highest BCUT2D eigenvalue weighted by Gasteiger charge is 2.20. The number of hydrogen-bond donors (Lipinski definition) is 1. The maximum Gasteiger partial charge on any atom is 0.321 e. The number of nitrogens with zero attached hydrogens (tertiary/aromatic N) is 4. The maximum atomic E-state index is 12.5. The molecule has 0 unspecified atom stereocenters. The Labute approximate surface area is 167 Å². The highest BCUT2D eigenvalue weighted by atomic mass is 16.2. The zero-order valence-corrected chi connectivity index (χ0v) is 16.7. The van der Waals surface area contributed by atoms with Crippen LogP contribution in [0.2, 0.25) is 0 Å². The molecule has 1 aliphatic heterocycles. The van der Waals surface area contributed by atoms with Crippen LogP contribution in [0.1, 0.15) is 11.3 Å². The van der Waals surface area contributed by atoms with E-state index in [9.17, 15) is 4.79 Å². The number of piperazine rings is 1. The number of carbonyl (C=O) groups excluding carboxylic acids is 1. The van der Waals surface area contributed by atoms with Crippen molar-refractivity contribution < 1.29 is 4.79 Å². The molecule has 1 aromatic carbocycles. The smallest absolute Gasteiger partial charge is 0.321 e. The van der Waals surface area contributed by atoms with Crippen LogP contribution >= 0.6 is 0 Å². The molecule has 1 aromatic heterocycles. The molecule has 0 radical (unpaired) electrons. The summed E-state index contributed by atoms with van der Waals surface area (Å²) >= 11 is 0. The Bertz CT molecular complexity index is 765. The van der Waals surface area contributed by atoms with Gasteiger partial charge in [0.2, 0.25) is 0 Å². The van der Waals surface area contributed by atoms with E-state index >= 15 is 0 Å². The molecule has 1 N–H and O–H groups in total. The van der Waals surface area contributed by atoms with Gasteiger partial charge in [0, 0.05) is 51.2 Å². The van der Waals surface area contributed by atoms with Crippen molar-refractivity contribution in [2.24, 2.45) is 0 Å². The quantitative estimate of drug-likeness (QED) is 0.838. The van der Waals surface area contributed by atoms with E-state index in [1.165, 1.54) is 0 Å². The van der Waals surface area contributed by atoms with Crippen LogP contribution in [-0.4, -0.2) is 79.1 Å². The Balaban J connectivity index is 1.46. The summed E-state index contributed by atoms with van der Waals surface area (Å²) < 4.78 is 0. The van der Waals surface area contributed by atoms with E-state index in [0.717, 1.165) is 56.2 Å². The minimum Gasteiger partial charge on any atom is -0.322 e. The van der Waals surface area contributed by atoms with Crippen LogP contribution in [0.15, 0.2) is 48.7 Å². The van der Waals surface area contributed by atoms with Crippen LogP contribution in [0.25, 0.3) is 12.2 Å². The van der Waals surface area contributed by atoms with Crippen molar-refractivity contribution in [2.45, 2.75) is 0 Å². The summed E-state index contributed by atoms with van der Waals surface area (Å²) in [6, 6.07) is 13.7. The second-order valence-electron chi connectivity index (χ2n) is 7.27. The number of urea groups is 1. The van der Waals surface area contributed by atoms with Crippen LogP contribution in [0.4, 0.5) is 10.5 Å². The second kappa shape index (κ2) is 10.0. The van der Waals surface area contributed by atoms with E-state index in [-0.39, 0.29) is 6.03 Å². The van der Waals surface area contributed by atoms with E-state index in [1.54, 1.807) is 6.20 Å². The molecule has 1 saturated heterocycles. The monoisotopic (exact) mass is 379 g/mol. The first-order chi connectivity index (χ1) is 13.6. The molecular weight excluding hydrogens is 350 g/mol. The highest BCUT2D eigenvalue weighted by molar-refractivity contribution is 5.89. The number of carbonyl (C=O) groups is 1. The van der Waals surface area contributed by atoms with Crippen molar-refractivity contribution in [3.8, 4) is 0 Å². The summed E-state index contributed by atoms with van der Waals surface area (Å²) in [7, 11) is 4.17. The first-order valence-electron chi connectivity index (χ1n) is 9.72. The third-order valence-electron chi connectivity index (χ3n) is 4.82. The van der Waals surface area contributed by atoms with E-state index in [4.69, 9.17) is 0 Å². The lowest BCUT2D eigenvalue weighted by atomic mass is 10.2. The van der Waals surface area contributed by atoms with Gasteiger partial charge in [-0.1, -0.05) is 24.3 Å². The first kappa shape index (κ1) is 20.0. The van der Waals surface area contributed by atoms with Gasteiger partial charge in [-0.25, -0.2) is 4.79 Å². The lowest BCUT2D eigenvalue weighted by molar-refractivity contribution is 0.140. The van der Waals surface area contributed by atoms with E-state index in [1.807, 2.05) is 59.5 Å². The van der Waals surface area contributed by atoms with Crippen LogP contribution in [0.3, 0.4) is 0 Å². The van der Waals surface area contributed by atoms with Gasteiger partial charge in [-0.05, 0) is 50.0 Å². The van der Waals surface area contributed by atoms with Gasteiger partial charge in [-0.3, -0.25) is 9.88 Å². The molecular formula is C22H29N5O. The van der Waals surface area contributed by atoms with E-state index in [2.05, 4.69) is 34.2 Å². The van der Waals surface area contributed by atoms with Crippen LogP contribution < -0.4 is 5.32 Å². The Morgan fingerprint density at radius 1 is 1.07 bits per heavy atom. The summed E-state index contributed by atoms with van der Waals surface area (Å²) in [5.41, 5.74) is 2.80. The predicted octanol–water partition coefficient (Wildman–Crippen LogP) is 2.96. The molecule has 2 heterocycles. The molecule has 6 nitrogen and oxygen atoms in total. The summed E-state index contributed by atoms with van der Waals surface area (Å²) in [4.78, 5) is 23.3. The zero-order valence-electron chi connectivity index (χ0n) is 16.7. The fourth-order valence-corrected chi connectivity index (χ4v) is 3.05. The molecule has 0 aliphatic carbocycles. The number of aromatic nitrogens is 1. The van der Waals surface area contributed by atoms with Crippen molar-refractivity contribution in [1.29, 1.82) is 0 Å². The molecule has 2 aromatic rings. The number of pyridine rings is 1. The van der Waals surface area contributed by atoms with Gasteiger partial charge in [0.05, 0.1) is 5.69 Å². The van der Waals surface area contributed by atoms with Gasteiger partial charge >= 0.3 is 6.03 Å². The number of benzene rings is 1.